The second-order valence-corrected chi connectivity index (χ2v) is 7.80. The van der Waals surface area contributed by atoms with Crippen molar-refractivity contribution in [3.63, 3.8) is 0 Å². The third-order valence-corrected chi connectivity index (χ3v) is 4.26. The summed E-state index contributed by atoms with van der Waals surface area (Å²) in [6.45, 7) is 4.17. The molecule has 0 fully saturated rings. The number of nitro benzene ring substituents is 1. The van der Waals surface area contributed by atoms with Crippen LogP contribution in [0.25, 0.3) is 0 Å². The van der Waals surface area contributed by atoms with Gasteiger partial charge >= 0.3 is 0 Å². The van der Waals surface area contributed by atoms with Crippen LogP contribution in [0.1, 0.15) is 30.6 Å². The number of nitrogens with two attached hydrogens (primary N) is 1. The van der Waals surface area contributed by atoms with E-state index in [1.807, 2.05) is 13.8 Å². The van der Waals surface area contributed by atoms with Gasteiger partial charge in [0, 0.05) is 36.5 Å². The molecule has 0 saturated heterocycles. The fraction of sp³-hybridized carbons (Fsp3) is 0.500. The first-order chi connectivity index (χ1) is 10.5. The predicted molar refractivity (Wildman–Crippen MR) is 86.0 cm³/mol. The molecule has 0 aliphatic heterocycles. The lowest BCUT2D eigenvalue weighted by Gasteiger charge is -2.19. The minimum Gasteiger partial charge on any atom is -0.348 e. The zero-order chi connectivity index (χ0) is 17.8. The predicted octanol–water partition coefficient (Wildman–Crippen LogP) is 1.10. The number of non-ortho nitro benzene ring substituents is 1. The highest BCUT2D eigenvalue weighted by Gasteiger charge is 2.20. The SMILES string of the molecule is CC(C)CC(CN)NC(=O)c1cc([N+](=O)[O-])cc(S(C)(=O)=O)c1. The van der Waals surface area contributed by atoms with Gasteiger partial charge < -0.3 is 11.1 Å². The molecular formula is C14H21N3O5S. The summed E-state index contributed by atoms with van der Waals surface area (Å²) in [4.78, 5) is 22.2. The van der Waals surface area contributed by atoms with Gasteiger partial charge in [-0.05, 0) is 18.4 Å². The highest BCUT2D eigenvalue weighted by molar-refractivity contribution is 7.90. The molecule has 0 saturated carbocycles. The Morgan fingerprint density at radius 2 is 1.96 bits per heavy atom. The third-order valence-electron chi connectivity index (χ3n) is 3.17. The minimum absolute atomic E-state index is 0.0816. The summed E-state index contributed by atoms with van der Waals surface area (Å²) >= 11 is 0. The molecule has 0 aliphatic carbocycles. The van der Waals surface area contributed by atoms with Gasteiger partial charge in [-0.3, -0.25) is 14.9 Å². The first-order valence-electron chi connectivity index (χ1n) is 7.05. The Balaban J connectivity index is 3.17. The Kier molecular flexibility index (Phi) is 6.22. The van der Waals surface area contributed by atoms with E-state index in [1.165, 1.54) is 0 Å². The average Bonchev–Trinajstić information content (AvgIpc) is 2.44. The summed E-state index contributed by atoms with van der Waals surface area (Å²) in [6, 6.07) is 2.82. The summed E-state index contributed by atoms with van der Waals surface area (Å²) in [7, 11) is -3.68. The Labute approximate surface area is 135 Å². The van der Waals surface area contributed by atoms with Gasteiger partial charge in [0.1, 0.15) is 0 Å². The lowest BCUT2D eigenvalue weighted by Crippen LogP contribution is -2.41. The van der Waals surface area contributed by atoms with Crippen molar-refractivity contribution in [2.45, 2.75) is 31.2 Å². The summed E-state index contributed by atoms with van der Waals surface area (Å²) in [5.74, 6) is -0.282. The molecule has 0 radical (unpaired) electrons. The van der Waals surface area contributed by atoms with Crippen molar-refractivity contribution in [1.82, 2.24) is 5.32 Å². The molecule has 0 aromatic heterocycles. The highest BCUT2D eigenvalue weighted by atomic mass is 32.2. The number of sulfone groups is 1. The molecule has 1 aromatic rings. The van der Waals surface area contributed by atoms with Gasteiger partial charge in [0.2, 0.25) is 0 Å². The number of carbonyl (C=O) groups excluding carboxylic acids is 1. The van der Waals surface area contributed by atoms with E-state index in [0.29, 0.717) is 12.3 Å². The number of carbonyl (C=O) groups is 1. The van der Waals surface area contributed by atoms with Crippen molar-refractivity contribution in [3.05, 3.63) is 33.9 Å². The quantitative estimate of drug-likeness (QED) is 0.563. The van der Waals surface area contributed by atoms with E-state index in [-0.39, 0.29) is 23.0 Å². The van der Waals surface area contributed by atoms with E-state index in [4.69, 9.17) is 5.73 Å². The molecule has 23 heavy (non-hydrogen) atoms. The number of rotatable bonds is 7. The van der Waals surface area contributed by atoms with Crippen LogP contribution in [0.4, 0.5) is 5.69 Å². The summed E-state index contributed by atoms with van der Waals surface area (Å²) in [5, 5.41) is 13.6. The largest absolute Gasteiger partial charge is 0.348 e. The number of hydrogen-bond donors (Lipinski definition) is 2. The van der Waals surface area contributed by atoms with E-state index in [0.717, 1.165) is 24.5 Å². The van der Waals surface area contributed by atoms with Gasteiger partial charge in [0.05, 0.1) is 9.82 Å². The lowest BCUT2D eigenvalue weighted by molar-refractivity contribution is -0.385. The van der Waals surface area contributed by atoms with Crippen molar-refractivity contribution in [2.75, 3.05) is 12.8 Å². The van der Waals surface area contributed by atoms with Gasteiger partial charge in [-0.15, -0.1) is 0 Å². The van der Waals surface area contributed by atoms with Crippen LogP contribution in [0, 0.1) is 16.0 Å². The van der Waals surface area contributed by atoms with E-state index in [1.54, 1.807) is 0 Å². The van der Waals surface area contributed by atoms with Crippen LogP contribution in [0.15, 0.2) is 23.1 Å². The molecule has 1 rings (SSSR count). The van der Waals surface area contributed by atoms with E-state index in [9.17, 15) is 23.3 Å². The molecule has 9 heteroatoms. The maximum absolute atomic E-state index is 12.3. The fourth-order valence-electron chi connectivity index (χ4n) is 2.09. The first kappa shape index (κ1) is 19.0. The number of amides is 1. The highest BCUT2D eigenvalue weighted by Crippen LogP contribution is 2.21. The van der Waals surface area contributed by atoms with Crippen LogP contribution < -0.4 is 11.1 Å². The average molecular weight is 343 g/mol. The molecule has 0 aliphatic rings. The second-order valence-electron chi connectivity index (χ2n) is 5.78. The van der Waals surface area contributed by atoms with Crippen LogP contribution in [-0.4, -0.2) is 38.1 Å². The van der Waals surface area contributed by atoms with Crippen LogP contribution >= 0.6 is 0 Å². The van der Waals surface area contributed by atoms with Gasteiger partial charge in [-0.25, -0.2) is 8.42 Å². The Morgan fingerprint density at radius 1 is 1.35 bits per heavy atom. The number of nitrogens with zero attached hydrogens (tertiary/aromatic N) is 1. The molecule has 128 valence electrons. The number of benzene rings is 1. The van der Waals surface area contributed by atoms with Crippen molar-refractivity contribution >= 4 is 21.4 Å². The van der Waals surface area contributed by atoms with Crippen LogP contribution in [0.5, 0.6) is 0 Å². The minimum atomic E-state index is -3.68. The molecule has 3 N–H and O–H groups in total. The zero-order valence-electron chi connectivity index (χ0n) is 13.3. The molecule has 1 amide bonds. The molecule has 1 unspecified atom stereocenters. The van der Waals surface area contributed by atoms with Crippen molar-refractivity contribution in [3.8, 4) is 0 Å². The monoisotopic (exact) mass is 343 g/mol. The van der Waals surface area contributed by atoms with Crippen LogP contribution in [-0.2, 0) is 9.84 Å². The number of nitro groups is 1. The molecule has 0 heterocycles. The maximum atomic E-state index is 12.3. The first-order valence-corrected chi connectivity index (χ1v) is 8.94. The molecule has 1 atom stereocenters. The smallest absolute Gasteiger partial charge is 0.271 e. The number of hydrogen-bond acceptors (Lipinski definition) is 6. The Morgan fingerprint density at radius 3 is 2.39 bits per heavy atom. The van der Waals surface area contributed by atoms with Gasteiger partial charge in [0.25, 0.3) is 11.6 Å². The van der Waals surface area contributed by atoms with Gasteiger partial charge in [0.15, 0.2) is 9.84 Å². The van der Waals surface area contributed by atoms with E-state index >= 15 is 0 Å². The molecule has 0 spiro atoms. The summed E-state index contributed by atoms with van der Waals surface area (Å²) < 4.78 is 23.3. The van der Waals surface area contributed by atoms with Crippen LogP contribution in [0.3, 0.4) is 0 Å². The maximum Gasteiger partial charge on any atom is 0.271 e. The topological polar surface area (TPSA) is 132 Å². The Hall–Kier alpha value is -2.00. The molecule has 0 bridgehead atoms. The van der Waals surface area contributed by atoms with Gasteiger partial charge in [-0.1, -0.05) is 13.8 Å². The molecular weight excluding hydrogens is 322 g/mol. The van der Waals surface area contributed by atoms with Crippen molar-refractivity contribution in [2.24, 2.45) is 11.7 Å². The molecule has 8 nitrogen and oxygen atoms in total. The Bertz CT molecular complexity index is 700. The van der Waals surface area contributed by atoms with Crippen LogP contribution in [0.2, 0.25) is 0 Å². The molecule has 1 aromatic carbocycles. The second kappa shape index (κ2) is 7.51. The van der Waals surface area contributed by atoms with Crippen molar-refractivity contribution in [1.29, 1.82) is 0 Å². The zero-order valence-corrected chi connectivity index (χ0v) is 14.1. The normalized spacial score (nSPS) is 12.9. The van der Waals surface area contributed by atoms with Gasteiger partial charge in [-0.2, -0.15) is 0 Å². The van der Waals surface area contributed by atoms with E-state index < -0.39 is 26.4 Å². The van der Waals surface area contributed by atoms with E-state index in [2.05, 4.69) is 5.32 Å². The van der Waals surface area contributed by atoms with Crippen molar-refractivity contribution < 1.29 is 18.1 Å². The standard InChI is InChI=1S/C14H21N3O5S/c1-9(2)4-11(8-15)16-14(18)10-5-12(17(19)20)7-13(6-10)23(3,21)22/h5-7,9,11H,4,8,15H2,1-3H3,(H,16,18). The lowest BCUT2D eigenvalue weighted by atomic mass is 10.0. The fourth-order valence-corrected chi connectivity index (χ4v) is 2.76. The summed E-state index contributed by atoms with van der Waals surface area (Å²) in [5.41, 5.74) is 5.07. The third kappa shape index (κ3) is 5.61. The summed E-state index contributed by atoms with van der Waals surface area (Å²) in [6.07, 6.45) is 1.57. The number of nitrogens with one attached hydrogen (secondary N) is 1.